The average Bonchev–Trinajstić information content (AvgIpc) is 2.31. The minimum absolute atomic E-state index is 0.0452. The van der Waals surface area contributed by atoms with E-state index in [1.807, 2.05) is 6.92 Å². The van der Waals surface area contributed by atoms with Gasteiger partial charge in [-0.3, -0.25) is 4.79 Å². The molecule has 2 heterocycles. The van der Waals surface area contributed by atoms with E-state index < -0.39 is 0 Å². The summed E-state index contributed by atoms with van der Waals surface area (Å²) in [5, 5.41) is 0.581. The lowest BCUT2D eigenvalue weighted by Crippen LogP contribution is -2.44. The Morgan fingerprint density at radius 2 is 2.35 bits per heavy atom. The molecule has 0 spiro atoms. The molecule has 0 saturated carbocycles. The molecule has 0 radical (unpaired) electrons. The summed E-state index contributed by atoms with van der Waals surface area (Å²) in [5.41, 5.74) is 0.390. The van der Waals surface area contributed by atoms with E-state index in [2.05, 4.69) is 4.98 Å². The predicted molar refractivity (Wildman–Crippen MR) is 65.6 cm³/mol. The molecule has 92 valence electrons. The Bertz CT molecular complexity index is 439. The van der Waals surface area contributed by atoms with E-state index in [-0.39, 0.29) is 17.2 Å². The number of hydrogen-bond acceptors (Lipinski definition) is 3. The van der Waals surface area contributed by atoms with Crippen molar-refractivity contribution < 1.29 is 9.53 Å². The first-order chi connectivity index (χ1) is 8.08. The normalized spacial score (nSPS) is 20.4. The third kappa shape index (κ3) is 2.89. The second kappa shape index (κ2) is 5.21. The average molecular weight is 275 g/mol. The highest BCUT2D eigenvalue weighted by Gasteiger charge is 2.24. The molecule has 1 aliphatic rings. The Balaban J connectivity index is 2.21. The molecule has 0 bridgehead atoms. The van der Waals surface area contributed by atoms with Crippen LogP contribution in [-0.2, 0) is 4.74 Å². The number of hydrogen-bond donors (Lipinski definition) is 0. The van der Waals surface area contributed by atoms with Gasteiger partial charge in [0.15, 0.2) is 0 Å². The standard InChI is InChI=1S/C11H12Cl2N2O2/c1-7-6-15(2-3-17-7)11(16)8-4-10(13)14-5-9(8)12/h4-5,7H,2-3,6H2,1H3/t7-/m1/s1. The summed E-state index contributed by atoms with van der Waals surface area (Å²) >= 11 is 11.7. The van der Waals surface area contributed by atoms with Crippen LogP contribution in [0.25, 0.3) is 0 Å². The lowest BCUT2D eigenvalue weighted by Gasteiger charge is -2.31. The molecule has 0 N–H and O–H groups in total. The maximum Gasteiger partial charge on any atom is 0.255 e. The number of halogens is 2. The zero-order chi connectivity index (χ0) is 12.4. The number of rotatable bonds is 1. The van der Waals surface area contributed by atoms with Crippen molar-refractivity contribution in [3.63, 3.8) is 0 Å². The van der Waals surface area contributed by atoms with Crippen LogP contribution in [0.15, 0.2) is 12.3 Å². The molecule has 1 aromatic heterocycles. The Hall–Kier alpha value is -0.840. The van der Waals surface area contributed by atoms with Crippen molar-refractivity contribution in [3.05, 3.63) is 28.0 Å². The van der Waals surface area contributed by atoms with Gasteiger partial charge < -0.3 is 9.64 Å². The van der Waals surface area contributed by atoms with Gasteiger partial charge in [0.25, 0.3) is 5.91 Å². The second-order valence-corrected chi connectivity index (χ2v) is 4.71. The van der Waals surface area contributed by atoms with E-state index in [1.165, 1.54) is 12.3 Å². The van der Waals surface area contributed by atoms with Crippen LogP contribution in [0.3, 0.4) is 0 Å². The van der Waals surface area contributed by atoms with Crippen LogP contribution < -0.4 is 0 Å². The molecule has 1 atom stereocenters. The first-order valence-corrected chi connectivity index (χ1v) is 6.05. The van der Waals surface area contributed by atoms with Crippen molar-refractivity contribution in [1.29, 1.82) is 0 Å². The lowest BCUT2D eigenvalue weighted by molar-refractivity contribution is -0.0124. The predicted octanol–water partition coefficient (Wildman–Crippen LogP) is 2.25. The van der Waals surface area contributed by atoms with Crippen LogP contribution >= 0.6 is 23.2 Å². The zero-order valence-corrected chi connectivity index (χ0v) is 10.8. The zero-order valence-electron chi connectivity index (χ0n) is 9.32. The molecule has 17 heavy (non-hydrogen) atoms. The SMILES string of the molecule is C[C@@H]1CN(C(=O)c2cc(Cl)ncc2Cl)CCO1. The topological polar surface area (TPSA) is 42.4 Å². The summed E-state index contributed by atoms with van der Waals surface area (Å²) in [6, 6.07) is 1.49. The summed E-state index contributed by atoms with van der Waals surface area (Å²) in [5.74, 6) is -0.130. The van der Waals surface area contributed by atoms with E-state index in [0.29, 0.717) is 30.3 Å². The maximum absolute atomic E-state index is 12.2. The Labute approximate surface area is 109 Å². The number of pyridine rings is 1. The van der Waals surface area contributed by atoms with Crippen molar-refractivity contribution in [1.82, 2.24) is 9.88 Å². The summed E-state index contributed by atoms with van der Waals surface area (Å²) in [6.07, 6.45) is 1.44. The molecular weight excluding hydrogens is 263 g/mol. The molecule has 0 aromatic carbocycles. The molecule has 6 heteroatoms. The van der Waals surface area contributed by atoms with E-state index in [1.54, 1.807) is 4.90 Å². The minimum atomic E-state index is -0.130. The minimum Gasteiger partial charge on any atom is -0.375 e. The van der Waals surface area contributed by atoms with Gasteiger partial charge in [0.2, 0.25) is 0 Å². The maximum atomic E-state index is 12.2. The smallest absolute Gasteiger partial charge is 0.255 e. The number of nitrogens with zero attached hydrogens (tertiary/aromatic N) is 2. The van der Waals surface area contributed by atoms with Gasteiger partial charge in [0.1, 0.15) is 5.15 Å². The number of aromatic nitrogens is 1. The monoisotopic (exact) mass is 274 g/mol. The van der Waals surface area contributed by atoms with Gasteiger partial charge >= 0.3 is 0 Å². The summed E-state index contributed by atoms with van der Waals surface area (Å²) in [6.45, 7) is 3.61. The molecular formula is C11H12Cl2N2O2. The first-order valence-electron chi connectivity index (χ1n) is 5.30. The molecule has 2 rings (SSSR count). The van der Waals surface area contributed by atoms with Crippen LogP contribution in [0.1, 0.15) is 17.3 Å². The highest BCUT2D eigenvalue weighted by atomic mass is 35.5. The van der Waals surface area contributed by atoms with Gasteiger partial charge in [-0.2, -0.15) is 0 Å². The van der Waals surface area contributed by atoms with Crippen LogP contribution in [0.4, 0.5) is 0 Å². The van der Waals surface area contributed by atoms with Crippen LogP contribution in [0, 0.1) is 0 Å². The van der Waals surface area contributed by atoms with Crippen LogP contribution in [0.5, 0.6) is 0 Å². The van der Waals surface area contributed by atoms with E-state index in [0.717, 1.165) is 0 Å². The Morgan fingerprint density at radius 1 is 1.59 bits per heavy atom. The Kier molecular flexibility index (Phi) is 3.86. The van der Waals surface area contributed by atoms with Gasteiger partial charge in [-0.25, -0.2) is 4.98 Å². The third-order valence-electron chi connectivity index (χ3n) is 2.58. The molecule has 0 aliphatic carbocycles. The molecule has 1 saturated heterocycles. The fourth-order valence-electron chi connectivity index (χ4n) is 1.75. The van der Waals surface area contributed by atoms with E-state index >= 15 is 0 Å². The summed E-state index contributed by atoms with van der Waals surface area (Å²) in [4.78, 5) is 17.8. The molecule has 0 unspecified atom stereocenters. The second-order valence-electron chi connectivity index (χ2n) is 3.92. The summed E-state index contributed by atoms with van der Waals surface area (Å²) < 4.78 is 5.38. The van der Waals surface area contributed by atoms with Crippen LogP contribution in [0.2, 0.25) is 10.2 Å². The van der Waals surface area contributed by atoms with Crippen LogP contribution in [-0.4, -0.2) is 41.6 Å². The molecule has 4 nitrogen and oxygen atoms in total. The fraction of sp³-hybridized carbons (Fsp3) is 0.455. The van der Waals surface area contributed by atoms with E-state index in [4.69, 9.17) is 27.9 Å². The summed E-state index contributed by atoms with van der Waals surface area (Å²) in [7, 11) is 0. The highest BCUT2D eigenvalue weighted by molar-refractivity contribution is 6.35. The first kappa shape index (κ1) is 12.6. The molecule has 1 fully saturated rings. The molecule has 1 aliphatic heterocycles. The Morgan fingerprint density at radius 3 is 3.06 bits per heavy atom. The van der Waals surface area contributed by atoms with Crippen molar-refractivity contribution in [3.8, 4) is 0 Å². The van der Waals surface area contributed by atoms with Gasteiger partial charge in [-0.15, -0.1) is 0 Å². The highest BCUT2D eigenvalue weighted by Crippen LogP contribution is 2.20. The van der Waals surface area contributed by atoms with Gasteiger partial charge in [0, 0.05) is 19.3 Å². The number of ether oxygens (including phenoxy) is 1. The van der Waals surface area contributed by atoms with Gasteiger partial charge in [0.05, 0.1) is 23.3 Å². The number of carbonyl (C=O) groups is 1. The van der Waals surface area contributed by atoms with Gasteiger partial charge in [-0.05, 0) is 13.0 Å². The number of amides is 1. The lowest BCUT2D eigenvalue weighted by atomic mass is 10.2. The van der Waals surface area contributed by atoms with Crippen molar-refractivity contribution >= 4 is 29.1 Å². The van der Waals surface area contributed by atoms with Crippen molar-refractivity contribution in [2.75, 3.05) is 19.7 Å². The number of morpholine rings is 1. The van der Waals surface area contributed by atoms with Crippen molar-refractivity contribution in [2.45, 2.75) is 13.0 Å². The fourth-order valence-corrected chi connectivity index (χ4v) is 2.09. The third-order valence-corrected chi connectivity index (χ3v) is 3.09. The largest absolute Gasteiger partial charge is 0.375 e. The van der Waals surface area contributed by atoms with Gasteiger partial charge in [-0.1, -0.05) is 23.2 Å². The quantitative estimate of drug-likeness (QED) is 0.738. The van der Waals surface area contributed by atoms with E-state index in [9.17, 15) is 4.79 Å². The number of carbonyl (C=O) groups excluding carboxylic acids is 1. The molecule has 1 amide bonds. The van der Waals surface area contributed by atoms with Crippen molar-refractivity contribution in [2.24, 2.45) is 0 Å². The molecule has 1 aromatic rings.